The Labute approximate surface area is 124 Å². The second-order valence-corrected chi connectivity index (χ2v) is 4.55. The number of nitrogens with zero attached hydrogens (tertiary/aromatic N) is 1. The van der Waals surface area contributed by atoms with E-state index in [1.807, 2.05) is 30.3 Å². The molecule has 0 saturated carbocycles. The van der Waals surface area contributed by atoms with Gasteiger partial charge in [0.25, 0.3) is 0 Å². The minimum absolute atomic E-state index is 0.0493. The van der Waals surface area contributed by atoms with Crippen molar-refractivity contribution in [2.24, 2.45) is 0 Å². The molecule has 0 atom stereocenters. The number of carbonyl (C=O) groups excluding carboxylic acids is 1. The molecular weight excluding hydrogens is 272 g/mol. The first-order valence-electron chi connectivity index (χ1n) is 6.92. The maximum atomic E-state index is 12.3. The number of ether oxygens (including phenoxy) is 1. The molecule has 0 saturated heterocycles. The first-order chi connectivity index (χ1) is 10.1. The fourth-order valence-electron chi connectivity index (χ4n) is 1.86. The Morgan fingerprint density at radius 2 is 2.00 bits per heavy atom. The number of para-hydroxylation sites is 1. The van der Waals surface area contributed by atoms with E-state index in [2.05, 4.69) is 5.32 Å². The number of aliphatic carboxylic acids is 1. The molecule has 0 bridgehead atoms. The van der Waals surface area contributed by atoms with Gasteiger partial charge in [-0.15, -0.1) is 0 Å². The summed E-state index contributed by atoms with van der Waals surface area (Å²) < 4.78 is 4.91. The summed E-state index contributed by atoms with van der Waals surface area (Å²) in [6.07, 6.45) is 0.474. The molecule has 1 rings (SSSR count). The minimum atomic E-state index is -0.853. The van der Waals surface area contributed by atoms with Gasteiger partial charge in [0.1, 0.15) is 0 Å². The fourth-order valence-corrected chi connectivity index (χ4v) is 1.86. The van der Waals surface area contributed by atoms with Crippen LogP contribution in [0.15, 0.2) is 30.3 Å². The Kier molecular flexibility index (Phi) is 8.08. The smallest absolute Gasteiger partial charge is 0.303 e. The summed E-state index contributed by atoms with van der Waals surface area (Å²) in [5.41, 5.74) is 0.779. The molecule has 0 spiro atoms. The largest absolute Gasteiger partial charge is 0.481 e. The molecule has 2 N–H and O–H groups in total. The Balaban J connectivity index is 2.58. The molecule has 0 aliphatic heterocycles. The molecule has 0 aromatic heterocycles. The highest BCUT2D eigenvalue weighted by molar-refractivity contribution is 5.94. The zero-order valence-corrected chi connectivity index (χ0v) is 12.2. The molecule has 0 aliphatic rings. The van der Waals surface area contributed by atoms with Crippen LogP contribution in [0, 0.1) is 0 Å². The second kappa shape index (κ2) is 9.90. The van der Waals surface area contributed by atoms with Crippen LogP contribution in [-0.2, 0) is 14.3 Å². The van der Waals surface area contributed by atoms with E-state index < -0.39 is 5.97 Å². The number of anilines is 1. The van der Waals surface area contributed by atoms with Gasteiger partial charge in [0.2, 0.25) is 5.91 Å². The number of amides is 1. The summed E-state index contributed by atoms with van der Waals surface area (Å²) in [6, 6.07) is 9.26. The van der Waals surface area contributed by atoms with Crippen LogP contribution in [0.3, 0.4) is 0 Å². The van der Waals surface area contributed by atoms with Crippen LogP contribution < -0.4 is 10.2 Å². The molecule has 0 aliphatic carbocycles. The molecule has 6 nitrogen and oxygen atoms in total. The maximum absolute atomic E-state index is 12.3. The van der Waals surface area contributed by atoms with Crippen LogP contribution in [0.2, 0.25) is 0 Å². The summed E-state index contributed by atoms with van der Waals surface area (Å²) in [7, 11) is 1.60. The summed E-state index contributed by atoms with van der Waals surface area (Å²) in [4.78, 5) is 24.5. The van der Waals surface area contributed by atoms with Gasteiger partial charge in [-0.05, 0) is 18.6 Å². The van der Waals surface area contributed by atoms with Crippen molar-refractivity contribution in [3.63, 3.8) is 0 Å². The van der Waals surface area contributed by atoms with Gasteiger partial charge >= 0.3 is 5.97 Å². The quantitative estimate of drug-likeness (QED) is 0.632. The van der Waals surface area contributed by atoms with Gasteiger partial charge in [0.05, 0.1) is 13.2 Å². The first-order valence-corrected chi connectivity index (χ1v) is 6.92. The van der Waals surface area contributed by atoms with Crippen molar-refractivity contribution in [2.75, 3.05) is 38.3 Å². The van der Waals surface area contributed by atoms with E-state index >= 15 is 0 Å². The number of carbonyl (C=O) groups is 2. The summed E-state index contributed by atoms with van der Waals surface area (Å²) >= 11 is 0. The molecule has 1 aromatic carbocycles. The normalized spacial score (nSPS) is 10.3. The lowest BCUT2D eigenvalue weighted by Crippen LogP contribution is -2.39. The average Bonchev–Trinajstić information content (AvgIpc) is 2.48. The van der Waals surface area contributed by atoms with Crippen molar-refractivity contribution in [1.29, 1.82) is 0 Å². The molecule has 1 amide bonds. The lowest BCUT2D eigenvalue weighted by molar-refractivity contribution is -0.137. The summed E-state index contributed by atoms with van der Waals surface area (Å²) in [6.45, 7) is 1.73. The van der Waals surface area contributed by atoms with Gasteiger partial charge in [-0.1, -0.05) is 18.2 Å². The van der Waals surface area contributed by atoms with E-state index in [1.54, 1.807) is 12.0 Å². The van der Waals surface area contributed by atoms with Crippen LogP contribution in [0.25, 0.3) is 0 Å². The van der Waals surface area contributed by atoms with Gasteiger partial charge in [0, 0.05) is 32.3 Å². The summed E-state index contributed by atoms with van der Waals surface area (Å²) in [5.74, 6) is -0.934. The van der Waals surface area contributed by atoms with Crippen LogP contribution in [-0.4, -0.2) is 50.3 Å². The number of hydrogen-bond acceptors (Lipinski definition) is 4. The van der Waals surface area contributed by atoms with Crippen molar-refractivity contribution in [3.05, 3.63) is 30.3 Å². The van der Waals surface area contributed by atoms with Crippen LogP contribution in [0.1, 0.15) is 12.8 Å². The lowest BCUT2D eigenvalue weighted by Gasteiger charge is -2.23. The Morgan fingerprint density at radius 1 is 1.29 bits per heavy atom. The third kappa shape index (κ3) is 6.87. The molecule has 21 heavy (non-hydrogen) atoms. The standard InChI is InChI=1S/C15H22N2O4/c1-21-11-9-16-12-14(18)17(10-5-8-15(19)20)13-6-3-2-4-7-13/h2-4,6-7,16H,5,8-12H2,1H3,(H,19,20). The molecule has 0 unspecified atom stereocenters. The van der Waals surface area contributed by atoms with E-state index in [-0.39, 0.29) is 18.9 Å². The van der Waals surface area contributed by atoms with Crippen molar-refractivity contribution in [1.82, 2.24) is 5.32 Å². The Hall–Kier alpha value is -1.92. The van der Waals surface area contributed by atoms with E-state index in [1.165, 1.54) is 0 Å². The average molecular weight is 294 g/mol. The van der Waals surface area contributed by atoms with Crippen LogP contribution in [0.5, 0.6) is 0 Å². The van der Waals surface area contributed by atoms with E-state index in [9.17, 15) is 9.59 Å². The number of nitrogens with one attached hydrogen (secondary N) is 1. The van der Waals surface area contributed by atoms with Gasteiger partial charge in [-0.2, -0.15) is 0 Å². The fraction of sp³-hybridized carbons (Fsp3) is 0.467. The molecule has 116 valence electrons. The minimum Gasteiger partial charge on any atom is -0.481 e. The molecular formula is C15H22N2O4. The summed E-state index contributed by atoms with van der Waals surface area (Å²) in [5, 5.41) is 11.7. The van der Waals surface area contributed by atoms with Crippen LogP contribution >= 0.6 is 0 Å². The maximum Gasteiger partial charge on any atom is 0.303 e. The number of rotatable bonds is 10. The molecule has 0 radical (unpaired) electrons. The molecule has 0 heterocycles. The van der Waals surface area contributed by atoms with Crippen molar-refractivity contribution in [2.45, 2.75) is 12.8 Å². The van der Waals surface area contributed by atoms with E-state index in [0.29, 0.717) is 26.1 Å². The molecule has 0 fully saturated rings. The monoisotopic (exact) mass is 294 g/mol. The van der Waals surface area contributed by atoms with Crippen molar-refractivity contribution in [3.8, 4) is 0 Å². The van der Waals surface area contributed by atoms with E-state index in [4.69, 9.17) is 9.84 Å². The van der Waals surface area contributed by atoms with Crippen molar-refractivity contribution < 1.29 is 19.4 Å². The number of hydrogen-bond donors (Lipinski definition) is 2. The van der Waals surface area contributed by atoms with Gasteiger partial charge < -0.3 is 20.1 Å². The highest BCUT2D eigenvalue weighted by Crippen LogP contribution is 2.14. The van der Waals surface area contributed by atoms with Gasteiger partial charge in [-0.25, -0.2) is 0 Å². The number of carboxylic acid groups (broad SMARTS) is 1. The first kappa shape index (κ1) is 17.1. The van der Waals surface area contributed by atoms with E-state index in [0.717, 1.165) is 5.69 Å². The predicted molar refractivity (Wildman–Crippen MR) is 80.4 cm³/mol. The second-order valence-electron chi connectivity index (χ2n) is 4.55. The Bertz CT molecular complexity index is 437. The molecule has 1 aromatic rings. The van der Waals surface area contributed by atoms with Crippen molar-refractivity contribution >= 4 is 17.6 Å². The SMILES string of the molecule is COCCNCC(=O)N(CCCC(=O)O)c1ccccc1. The third-order valence-electron chi connectivity index (χ3n) is 2.90. The topological polar surface area (TPSA) is 78.9 Å². The highest BCUT2D eigenvalue weighted by atomic mass is 16.5. The number of methoxy groups -OCH3 is 1. The van der Waals surface area contributed by atoms with Gasteiger partial charge in [-0.3, -0.25) is 9.59 Å². The highest BCUT2D eigenvalue weighted by Gasteiger charge is 2.15. The van der Waals surface area contributed by atoms with Gasteiger partial charge in [0.15, 0.2) is 0 Å². The third-order valence-corrected chi connectivity index (χ3v) is 2.90. The van der Waals surface area contributed by atoms with Crippen LogP contribution in [0.4, 0.5) is 5.69 Å². The number of carboxylic acids is 1. The zero-order chi connectivity index (χ0) is 15.5. The lowest BCUT2D eigenvalue weighted by atomic mass is 10.2. The Morgan fingerprint density at radius 3 is 2.62 bits per heavy atom. The number of benzene rings is 1. The molecule has 6 heteroatoms. The zero-order valence-electron chi connectivity index (χ0n) is 12.2. The predicted octanol–water partition coefficient (Wildman–Crippen LogP) is 1.12.